The van der Waals surface area contributed by atoms with E-state index < -0.39 is 55.5 Å². The van der Waals surface area contributed by atoms with Crippen LogP contribution >= 0.6 is 23.2 Å². The van der Waals surface area contributed by atoms with Crippen molar-refractivity contribution in [2.24, 2.45) is 0 Å². The van der Waals surface area contributed by atoms with Gasteiger partial charge in [0.05, 0.1) is 28.5 Å². The molecule has 0 fully saturated rings. The number of hydrogen-bond donors (Lipinski definition) is 5. The van der Waals surface area contributed by atoms with Crippen molar-refractivity contribution in [2.45, 2.75) is 6.92 Å². The molecule has 288 valence electrons. The Morgan fingerprint density at radius 1 is 0.691 bits per heavy atom. The minimum absolute atomic E-state index is 0.000481. The quantitative estimate of drug-likeness (QED) is 0.0593. The predicted octanol–water partition coefficient (Wildman–Crippen LogP) is 5.30. The van der Waals surface area contributed by atoms with Crippen LogP contribution in [0.15, 0.2) is 63.8 Å². The molecule has 1 aliphatic heterocycles. The van der Waals surface area contributed by atoms with Gasteiger partial charge >= 0.3 is 23.9 Å². The third kappa shape index (κ3) is 9.23. The number of phenols is 1. The molecule has 0 unspecified atom stereocenters. The van der Waals surface area contributed by atoms with Crippen LogP contribution in [0.3, 0.4) is 0 Å². The summed E-state index contributed by atoms with van der Waals surface area (Å²) in [5, 5.41) is 48.7. The number of carbonyl (C=O) groups is 4. The summed E-state index contributed by atoms with van der Waals surface area (Å²) < 4.78 is 23.8. The third-order valence-electron chi connectivity index (χ3n) is 8.09. The predicted molar refractivity (Wildman–Crippen MR) is 200 cm³/mol. The first-order valence-electron chi connectivity index (χ1n) is 16.1. The number of carboxylic acids is 4. The minimum atomic E-state index is -1.35. The maximum absolute atomic E-state index is 12.6. The number of aliphatic carboxylic acids is 4. The Kier molecular flexibility index (Phi) is 12.1. The summed E-state index contributed by atoms with van der Waals surface area (Å²) >= 11 is 12.6. The number of hydrogen-bond acceptors (Lipinski definition) is 12. The number of anilines is 2. The van der Waals surface area contributed by atoms with Crippen LogP contribution in [0.4, 0.5) is 11.4 Å². The Morgan fingerprint density at radius 2 is 1.25 bits per heavy atom. The standard InChI is InChI=1S/C37H32Cl2N2O14/c1-18-3-4-24(40(14-33(44)45)15-34(46)47)31(7-18)53-5-6-54-32-10-21(28(52-2)11-25(32)41(16-35(48)49)17-36(50)51)37-19-8-22(38)26(42)12-29(19)55-30-13-27(43)23(39)9-20(30)37/h3-4,7-13,42H,5-6,14-17H2,1-2H3,(H,44,45)(H,46,47)(H,48,49)(H,50,51). The molecule has 0 radical (unpaired) electrons. The number of halogens is 2. The lowest BCUT2D eigenvalue weighted by atomic mass is 9.92. The number of benzene rings is 4. The van der Waals surface area contributed by atoms with Gasteiger partial charge in [0.15, 0.2) is 0 Å². The average molecular weight is 800 g/mol. The number of carboxylic acid groups (broad SMARTS) is 4. The molecule has 5 N–H and O–H groups in total. The van der Waals surface area contributed by atoms with Gasteiger partial charge in [0, 0.05) is 40.3 Å². The van der Waals surface area contributed by atoms with Crippen molar-refractivity contribution in [1.82, 2.24) is 0 Å². The summed E-state index contributed by atoms with van der Waals surface area (Å²) in [6.45, 7) is -1.50. The Labute approximate surface area is 321 Å². The van der Waals surface area contributed by atoms with E-state index in [-0.39, 0.29) is 74.5 Å². The van der Waals surface area contributed by atoms with E-state index in [0.29, 0.717) is 16.5 Å². The molecule has 55 heavy (non-hydrogen) atoms. The highest BCUT2D eigenvalue weighted by Crippen LogP contribution is 2.49. The molecule has 0 aromatic heterocycles. The normalized spacial score (nSPS) is 11.0. The van der Waals surface area contributed by atoms with Crippen LogP contribution in [0.2, 0.25) is 10.0 Å². The van der Waals surface area contributed by atoms with Gasteiger partial charge in [-0.3, -0.25) is 24.0 Å². The van der Waals surface area contributed by atoms with Gasteiger partial charge in [0.2, 0.25) is 5.43 Å². The number of methoxy groups -OCH3 is 1. The number of nitrogens with zero attached hydrogens (tertiary/aromatic N) is 2. The van der Waals surface area contributed by atoms with Gasteiger partial charge in [-0.15, -0.1) is 0 Å². The fraction of sp³-hybridized carbons (Fsp3) is 0.216. The van der Waals surface area contributed by atoms with E-state index in [2.05, 4.69) is 0 Å². The number of phenolic OH excluding ortho intramolecular Hbond substituents is 1. The summed E-state index contributed by atoms with van der Waals surface area (Å²) in [5.74, 6) is -5.26. The first kappa shape index (κ1) is 39.8. The molecule has 0 amide bonds. The third-order valence-corrected chi connectivity index (χ3v) is 8.69. The number of aryl methyl sites for hydroxylation is 1. The highest BCUT2D eigenvalue weighted by Gasteiger charge is 2.27. The van der Waals surface area contributed by atoms with Gasteiger partial charge in [-0.25, -0.2) is 0 Å². The van der Waals surface area contributed by atoms with Crippen LogP contribution in [-0.4, -0.2) is 95.9 Å². The van der Waals surface area contributed by atoms with Crippen LogP contribution in [0.25, 0.3) is 33.4 Å². The van der Waals surface area contributed by atoms with Crippen LogP contribution in [0.5, 0.6) is 23.0 Å². The molecule has 5 rings (SSSR count). The molecular formula is C37H32Cl2N2O14. The lowest BCUT2D eigenvalue weighted by Crippen LogP contribution is -2.35. The molecule has 16 nitrogen and oxygen atoms in total. The molecular weight excluding hydrogens is 767 g/mol. The van der Waals surface area contributed by atoms with Crippen LogP contribution in [-0.2, 0) is 19.2 Å². The zero-order chi connectivity index (χ0) is 40.1. The first-order chi connectivity index (χ1) is 26.1. The molecule has 1 aliphatic carbocycles. The van der Waals surface area contributed by atoms with Gasteiger partial charge < -0.3 is 54.0 Å². The fourth-order valence-corrected chi connectivity index (χ4v) is 6.20. The zero-order valence-electron chi connectivity index (χ0n) is 29.0. The molecule has 3 aromatic rings. The van der Waals surface area contributed by atoms with E-state index in [1.807, 2.05) is 0 Å². The van der Waals surface area contributed by atoms with Gasteiger partial charge in [0.1, 0.15) is 73.7 Å². The molecule has 1 heterocycles. The second kappa shape index (κ2) is 16.7. The molecule has 0 saturated carbocycles. The summed E-state index contributed by atoms with van der Waals surface area (Å²) in [5.41, 5.74) is 1.40. The maximum Gasteiger partial charge on any atom is 0.323 e. The van der Waals surface area contributed by atoms with E-state index in [1.165, 1.54) is 43.5 Å². The smallest absolute Gasteiger partial charge is 0.323 e. The number of rotatable bonds is 17. The van der Waals surface area contributed by atoms with Crippen molar-refractivity contribution in [3.05, 3.63) is 80.4 Å². The second-order valence-electron chi connectivity index (χ2n) is 12.0. The molecule has 0 bridgehead atoms. The van der Waals surface area contributed by atoms with Crippen molar-refractivity contribution in [3.8, 4) is 45.4 Å². The Hall–Kier alpha value is -6.39. The van der Waals surface area contributed by atoms with Crippen molar-refractivity contribution < 1.29 is 63.3 Å². The topological polar surface area (TPSA) is 234 Å². The Bertz CT molecular complexity index is 2310. The average Bonchev–Trinajstić information content (AvgIpc) is 3.09. The van der Waals surface area contributed by atoms with Gasteiger partial charge in [0.25, 0.3) is 0 Å². The van der Waals surface area contributed by atoms with Crippen molar-refractivity contribution >= 4 is 69.4 Å². The van der Waals surface area contributed by atoms with Gasteiger partial charge in [-0.1, -0.05) is 29.3 Å². The van der Waals surface area contributed by atoms with Crippen molar-refractivity contribution in [2.75, 3.05) is 56.3 Å². The van der Waals surface area contributed by atoms with E-state index in [9.17, 15) is 49.5 Å². The SMILES string of the molecule is COc1cc(N(CC(=O)O)CC(=O)O)c(OCCOc2cc(C)ccc2N(CC(=O)O)CC(=O)O)cc1-c1c2cc(Cl)c(=O)cc-2oc2cc(O)c(Cl)cc12. The van der Waals surface area contributed by atoms with Crippen molar-refractivity contribution in [3.63, 3.8) is 0 Å². The van der Waals surface area contributed by atoms with E-state index >= 15 is 0 Å². The van der Waals surface area contributed by atoms with Crippen molar-refractivity contribution in [1.29, 1.82) is 0 Å². The molecule has 0 spiro atoms. The van der Waals surface area contributed by atoms with Crippen LogP contribution in [0.1, 0.15) is 5.56 Å². The van der Waals surface area contributed by atoms with E-state index in [1.54, 1.807) is 19.1 Å². The lowest BCUT2D eigenvalue weighted by molar-refractivity contribution is -0.138. The Morgan fingerprint density at radius 3 is 1.82 bits per heavy atom. The van der Waals surface area contributed by atoms with Gasteiger partial charge in [-0.2, -0.15) is 0 Å². The first-order valence-corrected chi connectivity index (χ1v) is 16.9. The number of aromatic hydroxyl groups is 1. The molecule has 3 aromatic carbocycles. The summed E-state index contributed by atoms with van der Waals surface area (Å²) in [6, 6.07) is 12.8. The Balaban J connectivity index is 1.64. The minimum Gasteiger partial charge on any atom is -0.506 e. The van der Waals surface area contributed by atoms with Gasteiger partial charge in [-0.05, 0) is 42.8 Å². The summed E-state index contributed by atoms with van der Waals surface area (Å²) in [7, 11) is 1.33. The maximum atomic E-state index is 12.6. The zero-order valence-corrected chi connectivity index (χ0v) is 30.5. The molecule has 0 atom stereocenters. The molecule has 18 heteroatoms. The summed E-state index contributed by atoms with van der Waals surface area (Å²) in [6.07, 6.45) is 0. The molecule has 0 saturated heterocycles. The second-order valence-corrected chi connectivity index (χ2v) is 12.8. The molecule has 2 aliphatic rings. The van der Waals surface area contributed by atoms with E-state index in [4.69, 9.17) is 41.8 Å². The number of fused-ring (bicyclic) bond motifs is 2. The monoisotopic (exact) mass is 798 g/mol. The van der Waals surface area contributed by atoms with Crippen LogP contribution in [0, 0.1) is 6.92 Å². The highest BCUT2D eigenvalue weighted by molar-refractivity contribution is 6.33. The van der Waals surface area contributed by atoms with Crippen LogP contribution < -0.4 is 29.4 Å². The fourth-order valence-electron chi connectivity index (χ4n) is 5.87. The largest absolute Gasteiger partial charge is 0.506 e. The highest BCUT2D eigenvalue weighted by atomic mass is 35.5. The summed E-state index contributed by atoms with van der Waals surface area (Å²) in [4.78, 5) is 61.6. The number of ether oxygens (including phenoxy) is 3. The van der Waals surface area contributed by atoms with E-state index in [0.717, 1.165) is 21.4 Å². The lowest BCUT2D eigenvalue weighted by Gasteiger charge is -2.26.